The smallest absolute Gasteiger partial charge is 0.222 e. The lowest BCUT2D eigenvalue weighted by Crippen LogP contribution is -2.29. The minimum Gasteiger partial charge on any atom is -0.345 e. The Bertz CT molecular complexity index is 522. The van der Waals surface area contributed by atoms with Crippen LogP contribution in [0, 0.1) is 0 Å². The first-order chi connectivity index (χ1) is 9.75. The molecule has 0 unspecified atom stereocenters. The molecule has 1 amide bonds. The van der Waals surface area contributed by atoms with Crippen LogP contribution < -0.4 is 0 Å². The van der Waals surface area contributed by atoms with Crippen molar-refractivity contribution < 1.29 is 4.79 Å². The SMILES string of the molecule is CN(CCc1ccccc1)C(=O)CCc1ccccc1. The third-order valence-corrected chi connectivity index (χ3v) is 3.47. The predicted molar refractivity (Wildman–Crippen MR) is 82.5 cm³/mol. The van der Waals surface area contributed by atoms with E-state index in [0.717, 1.165) is 19.4 Å². The summed E-state index contributed by atoms with van der Waals surface area (Å²) in [5, 5.41) is 0. The normalized spacial score (nSPS) is 10.2. The van der Waals surface area contributed by atoms with Gasteiger partial charge in [-0.25, -0.2) is 0 Å². The molecule has 2 aromatic carbocycles. The standard InChI is InChI=1S/C18H21NO/c1-19(15-14-17-10-6-3-7-11-17)18(20)13-12-16-8-4-2-5-9-16/h2-11H,12-15H2,1H3. The molecule has 2 aromatic rings. The van der Waals surface area contributed by atoms with Crippen molar-refractivity contribution >= 4 is 5.91 Å². The van der Waals surface area contributed by atoms with Gasteiger partial charge in [0, 0.05) is 20.0 Å². The van der Waals surface area contributed by atoms with Gasteiger partial charge in [-0.05, 0) is 24.0 Å². The maximum atomic E-state index is 12.1. The van der Waals surface area contributed by atoms with Gasteiger partial charge in [-0.3, -0.25) is 4.79 Å². The van der Waals surface area contributed by atoms with Gasteiger partial charge in [0.25, 0.3) is 0 Å². The molecule has 0 saturated heterocycles. The van der Waals surface area contributed by atoms with Gasteiger partial charge in [0.1, 0.15) is 0 Å². The number of aryl methyl sites for hydroxylation is 1. The summed E-state index contributed by atoms with van der Waals surface area (Å²) in [6.07, 6.45) is 2.30. The van der Waals surface area contributed by atoms with Crippen molar-refractivity contribution in [1.82, 2.24) is 4.90 Å². The van der Waals surface area contributed by atoms with Gasteiger partial charge in [0.2, 0.25) is 5.91 Å². The Balaban J connectivity index is 1.75. The van der Waals surface area contributed by atoms with Crippen LogP contribution in [0.4, 0.5) is 0 Å². The average Bonchev–Trinajstić information content (AvgIpc) is 2.52. The molecule has 0 radical (unpaired) electrons. The Kier molecular flexibility index (Phi) is 5.36. The maximum absolute atomic E-state index is 12.1. The van der Waals surface area contributed by atoms with Crippen molar-refractivity contribution in [2.45, 2.75) is 19.3 Å². The molecule has 104 valence electrons. The molecule has 0 aliphatic heterocycles. The summed E-state index contributed by atoms with van der Waals surface area (Å²) in [5.41, 5.74) is 2.49. The van der Waals surface area contributed by atoms with E-state index in [2.05, 4.69) is 24.3 Å². The monoisotopic (exact) mass is 267 g/mol. The van der Waals surface area contributed by atoms with Crippen LogP contribution in [0.5, 0.6) is 0 Å². The lowest BCUT2D eigenvalue weighted by molar-refractivity contribution is -0.129. The molecular formula is C18H21NO. The van der Waals surface area contributed by atoms with Crippen LogP contribution in [0.25, 0.3) is 0 Å². The van der Waals surface area contributed by atoms with E-state index in [4.69, 9.17) is 0 Å². The topological polar surface area (TPSA) is 20.3 Å². The van der Waals surface area contributed by atoms with E-state index in [1.54, 1.807) is 0 Å². The Morgan fingerprint density at radius 3 is 1.90 bits per heavy atom. The number of amides is 1. The van der Waals surface area contributed by atoms with E-state index in [9.17, 15) is 4.79 Å². The summed E-state index contributed by atoms with van der Waals surface area (Å²) >= 11 is 0. The van der Waals surface area contributed by atoms with Gasteiger partial charge in [-0.2, -0.15) is 0 Å². The summed E-state index contributed by atoms with van der Waals surface area (Å²) in [6, 6.07) is 20.4. The van der Waals surface area contributed by atoms with Crippen LogP contribution in [0.15, 0.2) is 60.7 Å². The Hall–Kier alpha value is -2.09. The number of likely N-dealkylation sites (N-methyl/N-ethyl adjacent to an activating group) is 1. The molecule has 0 spiro atoms. The molecule has 0 bridgehead atoms. The van der Waals surface area contributed by atoms with Crippen LogP contribution >= 0.6 is 0 Å². The molecule has 2 rings (SSSR count). The average molecular weight is 267 g/mol. The van der Waals surface area contributed by atoms with Gasteiger partial charge in [0.05, 0.1) is 0 Å². The first-order valence-corrected chi connectivity index (χ1v) is 7.07. The molecule has 20 heavy (non-hydrogen) atoms. The summed E-state index contributed by atoms with van der Waals surface area (Å²) in [6.45, 7) is 0.775. The first kappa shape index (κ1) is 14.3. The van der Waals surface area contributed by atoms with Crippen LogP contribution in [-0.2, 0) is 17.6 Å². The van der Waals surface area contributed by atoms with Gasteiger partial charge < -0.3 is 4.90 Å². The number of hydrogen-bond donors (Lipinski definition) is 0. The molecule has 0 aromatic heterocycles. The second-order valence-electron chi connectivity index (χ2n) is 5.04. The Morgan fingerprint density at radius 1 is 0.850 bits per heavy atom. The van der Waals surface area contributed by atoms with E-state index in [0.29, 0.717) is 6.42 Å². The zero-order valence-electron chi connectivity index (χ0n) is 12.0. The van der Waals surface area contributed by atoms with Crippen LogP contribution in [0.3, 0.4) is 0 Å². The quantitative estimate of drug-likeness (QED) is 0.786. The molecule has 0 aliphatic rings. The number of hydrogen-bond acceptors (Lipinski definition) is 1. The Morgan fingerprint density at radius 2 is 1.35 bits per heavy atom. The molecule has 0 heterocycles. The van der Waals surface area contributed by atoms with Crippen LogP contribution in [0.2, 0.25) is 0 Å². The van der Waals surface area contributed by atoms with E-state index < -0.39 is 0 Å². The van der Waals surface area contributed by atoms with E-state index in [1.165, 1.54) is 11.1 Å². The fourth-order valence-electron chi connectivity index (χ4n) is 2.15. The molecule has 0 atom stereocenters. The van der Waals surface area contributed by atoms with Gasteiger partial charge in [0.15, 0.2) is 0 Å². The Labute approximate surface area is 121 Å². The highest BCUT2D eigenvalue weighted by Gasteiger charge is 2.08. The van der Waals surface area contributed by atoms with E-state index in [-0.39, 0.29) is 5.91 Å². The third kappa shape index (κ3) is 4.54. The number of rotatable bonds is 6. The van der Waals surface area contributed by atoms with Crippen LogP contribution in [0.1, 0.15) is 17.5 Å². The van der Waals surface area contributed by atoms with Crippen molar-refractivity contribution in [3.8, 4) is 0 Å². The molecule has 0 fully saturated rings. The van der Waals surface area contributed by atoms with Crippen molar-refractivity contribution in [2.24, 2.45) is 0 Å². The van der Waals surface area contributed by atoms with E-state index in [1.807, 2.05) is 48.3 Å². The van der Waals surface area contributed by atoms with Crippen molar-refractivity contribution in [3.05, 3.63) is 71.8 Å². The highest BCUT2D eigenvalue weighted by atomic mass is 16.2. The van der Waals surface area contributed by atoms with Crippen molar-refractivity contribution in [2.75, 3.05) is 13.6 Å². The zero-order chi connectivity index (χ0) is 14.2. The first-order valence-electron chi connectivity index (χ1n) is 7.07. The molecule has 0 saturated carbocycles. The summed E-state index contributed by atoms with van der Waals surface area (Å²) in [5.74, 6) is 0.213. The fourth-order valence-corrected chi connectivity index (χ4v) is 2.15. The lowest BCUT2D eigenvalue weighted by Gasteiger charge is -2.17. The summed E-state index contributed by atoms with van der Waals surface area (Å²) in [4.78, 5) is 13.9. The van der Waals surface area contributed by atoms with Crippen LogP contribution in [-0.4, -0.2) is 24.4 Å². The maximum Gasteiger partial charge on any atom is 0.222 e. The second kappa shape index (κ2) is 7.49. The highest BCUT2D eigenvalue weighted by Crippen LogP contribution is 2.05. The minimum absolute atomic E-state index is 0.213. The largest absolute Gasteiger partial charge is 0.345 e. The molecule has 2 nitrogen and oxygen atoms in total. The lowest BCUT2D eigenvalue weighted by atomic mass is 10.1. The molecule has 0 aliphatic carbocycles. The van der Waals surface area contributed by atoms with Crippen molar-refractivity contribution in [3.63, 3.8) is 0 Å². The molecular weight excluding hydrogens is 246 g/mol. The zero-order valence-corrected chi connectivity index (χ0v) is 12.0. The van der Waals surface area contributed by atoms with Gasteiger partial charge >= 0.3 is 0 Å². The predicted octanol–water partition coefficient (Wildman–Crippen LogP) is 3.32. The van der Waals surface area contributed by atoms with Crippen molar-refractivity contribution in [1.29, 1.82) is 0 Å². The molecule has 0 N–H and O–H groups in total. The number of carbonyl (C=O) groups is 1. The molecule has 2 heteroatoms. The number of nitrogens with zero attached hydrogens (tertiary/aromatic N) is 1. The second-order valence-corrected chi connectivity index (χ2v) is 5.04. The third-order valence-electron chi connectivity index (χ3n) is 3.47. The summed E-state index contributed by atoms with van der Waals surface area (Å²) in [7, 11) is 1.89. The van der Waals surface area contributed by atoms with E-state index >= 15 is 0 Å². The number of benzene rings is 2. The fraction of sp³-hybridized carbons (Fsp3) is 0.278. The van der Waals surface area contributed by atoms with Gasteiger partial charge in [-0.15, -0.1) is 0 Å². The highest BCUT2D eigenvalue weighted by molar-refractivity contribution is 5.76. The minimum atomic E-state index is 0.213. The van der Waals surface area contributed by atoms with Gasteiger partial charge in [-0.1, -0.05) is 60.7 Å². The summed E-state index contributed by atoms with van der Waals surface area (Å²) < 4.78 is 0. The number of carbonyl (C=O) groups excluding carboxylic acids is 1.